The van der Waals surface area contributed by atoms with Gasteiger partial charge >= 0.3 is 0 Å². The number of fused-ring (bicyclic) bond motifs is 1. The number of anilines is 1. The molecule has 3 rings (SSSR count). The third-order valence-corrected chi connectivity index (χ3v) is 5.87. The lowest BCUT2D eigenvalue weighted by atomic mass is 10.1. The zero-order valence-electron chi connectivity index (χ0n) is 15.0. The van der Waals surface area contributed by atoms with Crippen LogP contribution in [0.1, 0.15) is 5.56 Å². The van der Waals surface area contributed by atoms with Gasteiger partial charge in [-0.05, 0) is 17.5 Å². The van der Waals surface area contributed by atoms with E-state index < -0.39 is 15.9 Å². The highest BCUT2D eigenvalue weighted by Crippen LogP contribution is 2.28. The SMILES string of the molecule is CS(=O)(=O)N(CC(=O)N/N=C\c1ccccc1Br)c1cccc2ccccc12. The molecule has 3 aromatic carbocycles. The van der Waals surface area contributed by atoms with Crippen molar-refractivity contribution in [3.63, 3.8) is 0 Å². The normalized spacial score (nSPS) is 11.6. The number of sulfonamides is 1. The summed E-state index contributed by atoms with van der Waals surface area (Å²) in [5.41, 5.74) is 3.62. The Morgan fingerprint density at radius 1 is 1.07 bits per heavy atom. The molecule has 0 fully saturated rings. The van der Waals surface area contributed by atoms with Gasteiger partial charge in [0.15, 0.2) is 0 Å². The van der Waals surface area contributed by atoms with Gasteiger partial charge in [-0.2, -0.15) is 5.10 Å². The van der Waals surface area contributed by atoms with Gasteiger partial charge in [-0.15, -0.1) is 0 Å². The Morgan fingerprint density at radius 2 is 1.75 bits per heavy atom. The van der Waals surface area contributed by atoms with Crippen LogP contribution in [0.15, 0.2) is 76.3 Å². The largest absolute Gasteiger partial charge is 0.271 e. The van der Waals surface area contributed by atoms with Crippen molar-refractivity contribution >= 4 is 54.5 Å². The molecule has 0 aromatic heterocycles. The van der Waals surface area contributed by atoms with Gasteiger partial charge in [-0.3, -0.25) is 9.10 Å². The van der Waals surface area contributed by atoms with Crippen LogP contribution in [0.4, 0.5) is 5.69 Å². The minimum Gasteiger partial charge on any atom is -0.271 e. The van der Waals surface area contributed by atoms with Crippen LogP contribution in [0.5, 0.6) is 0 Å². The molecule has 28 heavy (non-hydrogen) atoms. The molecule has 1 N–H and O–H groups in total. The van der Waals surface area contributed by atoms with E-state index in [1.54, 1.807) is 12.1 Å². The van der Waals surface area contributed by atoms with Crippen molar-refractivity contribution in [1.29, 1.82) is 0 Å². The fourth-order valence-corrected chi connectivity index (χ4v) is 3.98. The first-order chi connectivity index (χ1) is 13.4. The van der Waals surface area contributed by atoms with Crippen molar-refractivity contribution in [3.8, 4) is 0 Å². The van der Waals surface area contributed by atoms with Crippen LogP contribution in [-0.4, -0.2) is 33.3 Å². The highest BCUT2D eigenvalue weighted by molar-refractivity contribution is 9.10. The molecule has 6 nitrogen and oxygen atoms in total. The molecule has 0 aliphatic carbocycles. The average molecular weight is 460 g/mol. The number of nitrogens with one attached hydrogen (secondary N) is 1. The molecule has 0 bridgehead atoms. The Morgan fingerprint density at radius 3 is 2.50 bits per heavy atom. The molecule has 8 heteroatoms. The number of nitrogens with zero attached hydrogens (tertiary/aromatic N) is 2. The standard InChI is InChI=1S/C20H18BrN3O3S/c1-28(26,27)24(19-12-6-9-15-7-2-4-10-17(15)19)14-20(25)23-22-13-16-8-3-5-11-18(16)21/h2-13H,14H2,1H3,(H,23,25)/b22-13-. The summed E-state index contributed by atoms with van der Waals surface area (Å²) in [5.74, 6) is -0.540. The van der Waals surface area contributed by atoms with E-state index in [2.05, 4.69) is 26.5 Å². The van der Waals surface area contributed by atoms with E-state index in [0.717, 1.165) is 31.4 Å². The average Bonchev–Trinajstić information content (AvgIpc) is 2.66. The summed E-state index contributed by atoms with van der Waals surface area (Å²) in [4.78, 5) is 12.3. The summed E-state index contributed by atoms with van der Waals surface area (Å²) < 4.78 is 26.6. The number of rotatable bonds is 6. The van der Waals surface area contributed by atoms with E-state index in [9.17, 15) is 13.2 Å². The van der Waals surface area contributed by atoms with E-state index >= 15 is 0 Å². The Bertz CT molecular complexity index is 1140. The van der Waals surface area contributed by atoms with Crippen LogP contribution in [-0.2, 0) is 14.8 Å². The molecule has 0 radical (unpaired) electrons. The second-order valence-corrected chi connectivity index (χ2v) is 8.84. The summed E-state index contributed by atoms with van der Waals surface area (Å²) in [6.45, 7) is -0.375. The Hall–Kier alpha value is -2.71. The molecular weight excluding hydrogens is 442 g/mol. The van der Waals surface area contributed by atoms with E-state index in [1.807, 2.05) is 54.6 Å². The fraction of sp³-hybridized carbons (Fsp3) is 0.100. The lowest BCUT2D eigenvalue weighted by Gasteiger charge is -2.23. The van der Waals surface area contributed by atoms with Crippen molar-refractivity contribution in [2.24, 2.45) is 5.10 Å². The van der Waals surface area contributed by atoms with Crippen molar-refractivity contribution in [3.05, 3.63) is 76.8 Å². The molecule has 0 unspecified atom stereocenters. The smallest absolute Gasteiger partial charge is 0.260 e. The van der Waals surface area contributed by atoms with Gasteiger partial charge in [0, 0.05) is 15.4 Å². The minimum absolute atomic E-state index is 0.375. The van der Waals surface area contributed by atoms with E-state index in [1.165, 1.54) is 6.21 Å². The first-order valence-electron chi connectivity index (χ1n) is 8.38. The summed E-state index contributed by atoms with van der Waals surface area (Å²) in [6.07, 6.45) is 2.57. The van der Waals surface area contributed by atoms with E-state index in [0.29, 0.717) is 5.69 Å². The zero-order valence-corrected chi connectivity index (χ0v) is 17.4. The molecule has 0 spiro atoms. The molecular formula is C20H18BrN3O3S. The number of benzene rings is 3. The lowest BCUT2D eigenvalue weighted by molar-refractivity contribution is -0.119. The van der Waals surface area contributed by atoms with Crippen molar-refractivity contribution in [2.75, 3.05) is 17.1 Å². The summed E-state index contributed by atoms with van der Waals surface area (Å²) in [7, 11) is -3.68. The van der Waals surface area contributed by atoms with Gasteiger partial charge in [-0.1, -0.05) is 70.5 Å². The molecule has 0 aliphatic rings. The monoisotopic (exact) mass is 459 g/mol. The van der Waals surface area contributed by atoms with Crippen LogP contribution in [0.25, 0.3) is 10.8 Å². The molecule has 0 aliphatic heterocycles. The summed E-state index contributed by atoms with van der Waals surface area (Å²) in [6, 6.07) is 20.2. The molecule has 3 aromatic rings. The van der Waals surface area contributed by atoms with Crippen molar-refractivity contribution in [2.45, 2.75) is 0 Å². The number of hydrazone groups is 1. The Balaban J connectivity index is 1.82. The van der Waals surface area contributed by atoms with Gasteiger partial charge in [0.25, 0.3) is 5.91 Å². The van der Waals surface area contributed by atoms with Gasteiger partial charge in [0.05, 0.1) is 18.2 Å². The van der Waals surface area contributed by atoms with Gasteiger partial charge in [0.1, 0.15) is 6.54 Å². The van der Waals surface area contributed by atoms with Gasteiger partial charge in [-0.25, -0.2) is 13.8 Å². The highest BCUT2D eigenvalue weighted by atomic mass is 79.9. The van der Waals surface area contributed by atoms with Crippen LogP contribution < -0.4 is 9.73 Å². The van der Waals surface area contributed by atoms with Crippen LogP contribution in [0.3, 0.4) is 0 Å². The maximum atomic E-state index is 12.4. The highest BCUT2D eigenvalue weighted by Gasteiger charge is 2.22. The van der Waals surface area contributed by atoms with Crippen LogP contribution >= 0.6 is 15.9 Å². The van der Waals surface area contributed by atoms with Crippen molar-refractivity contribution in [1.82, 2.24) is 5.43 Å². The molecule has 0 saturated carbocycles. The number of hydrogen-bond acceptors (Lipinski definition) is 4. The first-order valence-corrected chi connectivity index (χ1v) is 11.0. The second kappa shape index (κ2) is 8.53. The zero-order chi connectivity index (χ0) is 20.1. The Labute approximate surface area is 172 Å². The predicted molar refractivity (Wildman–Crippen MR) is 116 cm³/mol. The number of carbonyl (C=O) groups is 1. The minimum atomic E-state index is -3.68. The maximum Gasteiger partial charge on any atom is 0.260 e. The molecule has 0 atom stereocenters. The van der Waals surface area contributed by atoms with Gasteiger partial charge in [0.2, 0.25) is 10.0 Å². The second-order valence-electron chi connectivity index (χ2n) is 6.08. The lowest BCUT2D eigenvalue weighted by Crippen LogP contribution is -2.39. The summed E-state index contributed by atoms with van der Waals surface area (Å²) in [5, 5.41) is 5.56. The quantitative estimate of drug-likeness (QED) is 0.452. The topological polar surface area (TPSA) is 78.8 Å². The van der Waals surface area contributed by atoms with Gasteiger partial charge < -0.3 is 0 Å². The maximum absolute atomic E-state index is 12.4. The van der Waals surface area contributed by atoms with E-state index in [-0.39, 0.29) is 6.54 Å². The Kier molecular flexibility index (Phi) is 6.11. The third-order valence-electron chi connectivity index (χ3n) is 4.02. The fourth-order valence-electron chi connectivity index (χ4n) is 2.73. The first kappa shape index (κ1) is 20.0. The third kappa shape index (κ3) is 4.76. The van der Waals surface area contributed by atoms with Crippen LogP contribution in [0, 0.1) is 0 Å². The van der Waals surface area contributed by atoms with E-state index in [4.69, 9.17) is 0 Å². The number of amides is 1. The molecule has 144 valence electrons. The number of halogens is 1. The molecule has 0 saturated heterocycles. The number of hydrogen-bond donors (Lipinski definition) is 1. The van der Waals surface area contributed by atoms with Crippen molar-refractivity contribution < 1.29 is 13.2 Å². The predicted octanol–water partition coefficient (Wildman–Crippen LogP) is 3.52. The summed E-state index contributed by atoms with van der Waals surface area (Å²) >= 11 is 3.39. The van der Waals surface area contributed by atoms with Crippen LogP contribution in [0.2, 0.25) is 0 Å². The molecule has 1 amide bonds. The number of carbonyl (C=O) groups excluding carboxylic acids is 1. The molecule has 0 heterocycles.